The van der Waals surface area contributed by atoms with Gasteiger partial charge in [-0.3, -0.25) is 4.98 Å². The van der Waals surface area contributed by atoms with Crippen molar-refractivity contribution in [3.05, 3.63) is 52.8 Å². The molecule has 0 spiro atoms. The van der Waals surface area contributed by atoms with Gasteiger partial charge in [-0.05, 0) is 36.8 Å². The molecule has 0 radical (unpaired) electrons. The lowest BCUT2D eigenvalue weighted by Crippen LogP contribution is -2.07. The van der Waals surface area contributed by atoms with Crippen molar-refractivity contribution in [3.8, 4) is 5.75 Å². The third kappa shape index (κ3) is 2.31. The van der Waals surface area contributed by atoms with Crippen molar-refractivity contribution in [2.75, 3.05) is 7.11 Å². The second kappa shape index (κ2) is 5.29. The molecule has 1 unspecified atom stereocenters. The molecule has 0 bridgehead atoms. The van der Waals surface area contributed by atoms with Crippen molar-refractivity contribution < 1.29 is 9.13 Å². The number of rotatable bonds is 3. The van der Waals surface area contributed by atoms with E-state index in [9.17, 15) is 4.39 Å². The first-order valence-corrected chi connectivity index (χ1v) is 6.90. The molecule has 0 aliphatic carbocycles. The van der Waals surface area contributed by atoms with Crippen LogP contribution in [-0.4, -0.2) is 21.6 Å². The third-order valence-electron chi connectivity index (χ3n) is 3.57. The number of aromatic nitrogens is 3. The molecule has 2 aromatic heterocycles. The van der Waals surface area contributed by atoms with Gasteiger partial charge in [0.1, 0.15) is 0 Å². The molecule has 0 fully saturated rings. The highest BCUT2D eigenvalue weighted by molar-refractivity contribution is 7.71. The second-order valence-corrected chi connectivity index (χ2v) is 5.15. The molecule has 3 rings (SSSR count). The molecule has 21 heavy (non-hydrogen) atoms. The molecule has 2 heterocycles. The number of halogens is 1. The summed E-state index contributed by atoms with van der Waals surface area (Å²) in [5.74, 6) is -0.211. The minimum absolute atomic E-state index is 0.00409. The van der Waals surface area contributed by atoms with E-state index in [4.69, 9.17) is 17.0 Å². The minimum atomic E-state index is -0.412. The van der Waals surface area contributed by atoms with Crippen LogP contribution in [0.1, 0.15) is 18.5 Å². The lowest BCUT2D eigenvalue weighted by Gasteiger charge is -2.15. The summed E-state index contributed by atoms with van der Waals surface area (Å²) < 4.78 is 21.3. The summed E-state index contributed by atoms with van der Waals surface area (Å²) >= 11 is 5.38. The van der Waals surface area contributed by atoms with E-state index in [-0.39, 0.29) is 11.8 Å². The molecular weight excluding hydrogens is 289 g/mol. The van der Waals surface area contributed by atoms with E-state index in [1.54, 1.807) is 18.5 Å². The average Bonchev–Trinajstić information content (AvgIpc) is 2.81. The number of benzene rings is 1. The average molecular weight is 303 g/mol. The summed E-state index contributed by atoms with van der Waals surface area (Å²) in [4.78, 5) is 7.06. The molecule has 6 heteroatoms. The maximum absolute atomic E-state index is 13.8. The molecule has 1 aromatic carbocycles. The standard InChI is InChI=1S/C15H14FN3OS/c1-9(10-3-5-17-6-4-10)19-13-8-14(20-2)11(16)7-12(13)18-15(19)21/h3-9H,1-2H3,(H,18,21). The van der Waals surface area contributed by atoms with Crippen LogP contribution in [0.5, 0.6) is 5.75 Å². The van der Waals surface area contributed by atoms with Crippen molar-refractivity contribution in [1.82, 2.24) is 14.5 Å². The van der Waals surface area contributed by atoms with E-state index in [2.05, 4.69) is 9.97 Å². The monoisotopic (exact) mass is 303 g/mol. The van der Waals surface area contributed by atoms with E-state index in [0.717, 1.165) is 11.1 Å². The van der Waals surface area contributed by atoms with Gasteiger partial charge in [0.2, 0.25) is 0 Å². The van der Waals surface area contributed by atoms with E-state index in [1.807, 2.05) is 23.6 Å². The number of H-pyrrole nitrogens is 1. The Bertz CT molecular complexity index is 841. The van der Waals surface area contributed by atoms with Gasteiger partial charge < -0.3 is 14.3 Å². The Labute approximate surface area is 126 Å². The van der Waals surface area contributed by atoms with Crippen LogP contribution in [0, 0.1) is 10.6 Å². The van der Waals surface area contributed by atoms with E-state index < -0.39 is 5.82 Å². The Morgan fingerprint density at radius 1 is 1.33 bits per heavy atom. The second-order valence-electron chi connectivity index (χ2n) is 4.76. The van der Waals surface area contributed by atoms with Crippen LogP contribution in [0.25, 0.3) is 11.0 Å². The van der Waals surface area contributed by atoms with Crippen molar-refractivity contribution in [2.45, 2.75) is 13.0 Å². The zero-order valence-electron chi connectivity index (χ0n) is 11.6. The fourth-order valence-electron chi connectivity index (χ4n) is 2.46. The van der Waals surface area contributed by atoms with Crippen LogP contribution < -0.4 is 4.74 Å². The highest BCUT2D eigenvalue weighted by Gasteiger charge is 2.15. The van der Waals surface area contributed by atoms with Crippen LogP contribution in [0.4, 0.5) is 4.39 Å². The molecule has 0 aliphatic heterocycles. The maximum atomic E-state index is 13.8. The van der Waals surface area contributed by atoms with Gasteiger partial charge >= 0.3 is 0 Å². The third-order valence-corrected chi connectivity index (χ3v) is 3.86. The number of pyridine rings is 1. The molecule has 108 valence electrons. The highest BCUT2D eigenvalue weighted by Crippen LogP contribution is 2.28. The van der Waals surface area contributed by atoms with Crippen LogP contribution in [0.2, 0.25) is 0 Å². The van der Waals surface area contributed by atoms with Gasteiger partial charge in [-0.15, -0.1) is 0 Å². The van der Waals surface area contributed by atoms with Crippen molar-refractivity contribution >= 4 is 23.3 Å². The zero-order valence-corrected chi connectivity index (χ0v) is 12.4. The Hall–Kier alpha value is -2.21. The van der Waals surface area contributed by atoms with Gasteiger partial charge in [-0.2, -0.15) is 0 Å². The first kappa shape index (κ1) is 13.8. The predicted molar refractivity (Wildman–Crippen MR) is 81.7 cm³/mol. The smallest absolute Gasteiger partial charge is 0.178 e. The number of nitrogens with one attached hydrogen (secondary N) is 1. The summed E-state index contributed by atoms with van der Waals surface area (Å²) in [7, 11) is 1.45. The van der Waals surface area contributed by atoms with Gasteiger partial charge in [-0.1, -0.05) is 0 Å². The van der Waals surface area contributed by atoms with Gasteiger partial charge in [0.25, 0.3) is 0 Å². The normalized spacial score (nSPS) is 12.5. The largest absolute Gasteiger partial charge is 0.494 e. The highest BCUT2D eigenvalue weighted by atomic mass is 32.1. The van der Waals surface area contributed by atoms with E-state index in [0.29, 0.717) is 10.3 Å². The number of nitrogens with zero attached hydrogens (tertiary/aromatic N) is 2. The summed E-state index contributed by atoms with van der Waals surface area (Å²) in [6.45, 7) is 2.04. The lowest BCUT2D eigenvalue weighted by atomic mass is 10.1. The summed E-state index contributed by atoms with van der Waals surface area (Å²) in [6.07, 6.45) is 3.48. The first-order chi connectivity index (χ1) is 10.1. The van der Waals surface area contributed by atoms with Crippen LogP contribution in [0.15, 0.2) is 36.7 Å². The number of hydrogen-bond donors (Lipinski definition) is 1. The van der Waals surface area contributed by atoms with Crippen molar-refractivity contribution in [1.29, 1.82) is 0 Å². The quantitative estimate of drug-likeness (QED) is 0.747. The predicted octanol–water partition coefficient (Wildman–Crippen LogP) is 3.85. The summed E-state index contributed by atoms with van der Waals surface area (Å²) in [6, 6.07) is 6.94. The van der Waals surface area contributed by atoms with Gasteiger partial charge in [-0.25, -0.2) is 4.39 Å². The Morgan fingerprint density at radius 2 is 2.05 bits per heavy atom. The van der Waals surface area contributed by atoms with Crippen molar-refractivity contribution in [2.24, 2.45) is 0 Å². The Balaban J connectivity index is 2.22. The number of hydrogen-bond acceptors (Lipinski definition) is 3. The fourth-order valence-corrected chi connectivity index (χ4v) is 2.83. The molecule has 4 nitrogen and oxygen atoms in total. The molecule has 3 aromatic rings. The van der Waals surface area contributed by atoms with Crippen LogP contribution in [0.3, 0.4) is 0 Å². The number of ether oxygens (including phenoxy) is 1. The number of fused-ring (bicyclic) bond motifs is 1. The molecule has 1 atom stereocenters. The van der Waals surface area contributed by atoms with Crippen molar-refractivity contribution in [3.63, 3.8) is 0 Å². The number of aromatic amines is 1. The molecule has 0 aliphatic rings. The molecule has 1 N–H and O–H groups in total. The van der Waals surface area contributed by atoms with Gasteiger partial charge in [0.05, 0.1) is 24.2 Å². The van der Waals surface area contributed by atoms with Gasteiger partial charge in [0.15, 0.2) is 16.3 Å². The lowest BCUT2D eigenvalue weighted by molar-refractivity contribution is 0.387. The molecular formula is C15H14FN3OS. The van der Waals surface area contributed by atoms with Gasteiger partial charge in [0, 0.05) is 24.5 Å². The topological polar surface area (TPSA) is 42.8 Å². The Morgan fingerprint density at radius 3 is 2.71 bits per heavy atom. The van der Waals surface area contributed by atoms with E-state index >= 15 is 0 Å². The summed E-state index contributed by atoms with van der Waals surface area (Å²) in [5.41, 5.74) is 2.53. The van der Waals surface area contributed by atoms with Crippen LogP contribution >= 0.6 is 12.2 Å². The number of imidazole rings is 1. The minimum Gasteiger partial charge on any atom is -0.494 e. The molecule has 0 amide bonds. The fraction of sp³-hybridized carbons (Fsp3) is 0.200. The maximum Gasteiger partial charge on any atom is 0.178 e. The number of methoxy groups -OCH3 is 1. The SMILES string of the molecule is COc1cc2c(cc1F)[nH]c(=S)n2C(C)c1ccncc1. The van der Waals surface area contributed by atoms with Crippen LogP contribution in [-0.2, 0) is 0 Å². The van der Waals surface area contributed by atoms with E-state index in [1.165, 1.54) is 13.2 Å². The molecule has 0 saturated carbocycles. The molecule has 0 saturated heterocycles. The Kier molecular flexibility index (Phi) is 3.47. The zero-order chi connectivity index (χ0) is 15.0. The summed E-state index contributed by atoms with van der Waals surface area (Å²) in [5, 5.41) is 0. The first-order valence-electron chi connectivity index (χ1n) is 6.49.